The molecular weight excluding hydrogens is 340 g/mol. The third-order valence-electron chi connectivity index (χ3n) is 3.92. The Hall–Kier alpha value is -2.61. The van der Waals surface area contributed by atoms with Gasteiger partial charge in [0.15, 0.2) is 16.3 Å². The van der Waals surface area contributed by atoms with Crippen LogP contribution in [0.5, 0.6) is 11.5 Å². The molecule has 25 heavy (non-hydrogen) atoms. The van der Waals surface area contributed by atoms with Crippen molar-refractivity contribution in [1.29, 1.82) is 0 Å². The lowest BCUT2D eigenvalue weighted by Crippen LogP contribution is -2.17. The van der Waals surface area contributed by atoms with Gasteiger partial charge in [0.2, 0.25) is 0 Å². The van der Waals surface area contributed by atoms with Gasteiger partial charge in [-0.3, -0.25) is 9.48 Å². The summed E-state index contributed by atoms with van der Waals surface area (Å²) in [5, 5.41) is 4.30. The van der Waals surface area contributed by atoms with Crippen molar-refractivity contribution in [3.8, 4) is 11.5 Å². The Morgan fingerprint density at radius 3 is 2.48 bits per heavy atom. The predicted molar refractivity (Wildman–Crippen MR) is 96.2 cm³/mol. The summed E-state index contributed by atoms with van der Waals surface area (Å²) in [4.78, 5) is 17.2. The lowest BCUT2D eigenvalue weighted by atomic mass is 10.3. The van der Waals surface area contributed by atoms with Gasteiger partial charge in [-0.1, -0.05) is 11.3 Å². The maximum Gasteiger partial charge on any atom is 0.270 e. The maximum atomic E-state index is 12.3. The molecule has 0 aliphatic rings. The maximum absolute atomic E-state index is 12.3. The Balaban J connectivity index is 2.00. The molecule has 0 atom stereocenters. The zero-order valence-corrected chi connectivity index (χ0v) is 15.7. The molecule has 2 heterocycles. The topological polar surface area (TPSA) is 70.6 Å². The first-order valence-electron chi connectivity index (χ1n) is 7.73. The zero-order chi connectivity index (χ0) is 18.1. The second kappa shape index (κ2) is 6.72. The molecule has 0 fully saturated rings. The largest absolute Gasteiger partial charge is 0.493 e. The van der Waals surface area contributed by atoms with Crippen molar-refractivity contribution >= 4 is 27.5 Å². The number of aromatic nitrogens is 3. The summed E-state index contributed by atoms with van der Waals surface area (Å²) in [7, 11) is 5.07. The SMILES string of the molecule is COc1cc2sc(=NC(=O)Cn3nc(C)cc3C)n(C)c2cc1OC. The van der Waals surface area contributed by atoms with Gasteiger partial charge in [-0.05, 0) is 19.9 Å². The number of methoxy groups -OCH3 is 2. The molecule has 0 N–H and O–H groups in total. The van der Waals surface area contributed by atoms with E-state index in [-0.39, 0.29) is 12.5 Å². The van der Waals surface area contributed by atoms with E-state index in [0.29, 0.717) is 16.3 Å². The van der Waals surface area contributed by atoms with Gasteiger partial charge < -0.3 is 14.0 Å². The van der Waals surface area contributed by atoms with Crippen molar-refractivity contribution in [3.05, 3.63) is 34.4 Å². The molecule has 0 saturated heterocycles. The number of thiazole rings is 1. The van der Waals surface area contributed by atoms with Crippen molar-refractivity contribution in [2.45, 2.75) is 20.4 Å². The number of nitrogens with zero attached hydrogens (tertiary/aromatic N) is 4. The van der Waals surface area contributed by atoms with Crippen molar-refractivity contribution < 1.29 is 14.3 Å². The number of carbonyl (C=O) groups is 1. The van der Waals surface area contributed by atoms with Crippen LogP contribution in [0.4, 0.5) is 0 Å². The Bertz CT molecular complexity index is 1010. The van der Waals surface area contributed by atoms with E-state index in [0.717, 1.165) is 21.6 Å². The number of carbonyl (C=O) groups excluding carboxylic acids is 1. The summed E-state index contributed by atoms with van der Waals surface area (Å²) in [6.07, 6.45) is 0. The quantitative estimate of drug-likeness (QED) is 0.715. The standard InChI is InChI=1S/C17H20N4O3S/c1-10-6-11(2)21(19-10)9-16(22)18-17-20(3)12-7-13(23-4)14(24-5)8-15(12)25-17/h6-8H,9H2,1-5H3. The fraction of sp³-hybridized carbons (Fsp3) is 0.353. The van der Waals surface area contributed by atoms with Gasteiger partial charge in [0.05, 0.1) is 30.1 Å². The number of fused-ring (bicyclic) bond motifs is 1. The Labute approximate surface area is 149 Å². The van der Waals surface area contributed by atoms with Crippen LogP contribution in [0.1, 0.15) is 11.4 Å². The fourth-order valence-electron chi connectivity index (χ4n) is 2.67. The molecule has 0 saturated carbocycles. The molecule has 7 nitrogen and oxygen atoms in total. The number of hydrogen-bond acceptors (Lipinski definition) is 5. The third kappa shape index (κ3) is 3.30. The second-order valence-corrected chi connectivity index (χ2v) is 6.72. The molecule has 0 radical (unpaired) electrons. The van der Waals surface area contributed by atoms with Crippen LogP contribution in [0.25, 0.3) is 10.2 Å². The van der Waals surface area contributed by atoms with Gasteiger partial charge in [-0.15, -0.1) is 0 Å². The molecule has 8 heteroatoms. The van der Waals surface area contributed by atoms with Gasteiger partial charge in [0.25, 0.3) is 5.91 Å². The highest BCUT2D eigenvalue weighted by Gasteiger charge is 2.12. The molecule has 0 spiro atoms. The number of rotatable bonds is 4. The first-order valence-corrected chi connectivity index (χ1v) is 8.54. The summed E-state index contributed by atoms with van der Waals surface area (Å²) in [6, 6.07) is 5.71. The molecule has 0 bridgehead atoms. The van der Waals surface area contributed by atoms with Crippen LogP contribution in [0.15, 0.2) is 23.2 Å². The summed E-state index contributed by atoms with van der Waals surface area (Å²) in [5.74, 6) is 1.05. The van der Waals surface area contributed by atoms with E-state index in [9.17, 15) is 4.79 Å². The minimum absolute atomic E-state index is 0.126. The smallest absolute Gasteiger partial charge is 0.270 e. The van der Waals surface area contributed by atoms with Crippen LogP contribution in [-0.2, 0) is 18.4 Å². The molecule has 3 rings (SSSR count). The van der Waals surface area contributed by atoms with Crippen molar-refractivity contribution in [3.63, 3.8) is 0 Å². The van der Waals surface area contributed by atoms with E-state index in [2.05, 4.69) is 10.1 Å². The van der Waals surface area contributed by atoms with Gasteiger partial charge in [0, 0.05) is 24.9 Å². The van der Waals surface area contributed by atoms with E-state index >= 15 is 0 Å². The van der Waals surface area contributed by atoms with Crippen LogP contribution in [0.2, 0.25) is 0 Å². The number of benzene rings is 1. The van der Waals surface area contributed by atoms with Gasteiger partial charge in [-0.25, -0.2) is 0 Å². The molecular formula is C17H20N4O3S. The highest BCUT2D eigenvalue weighted by Crippen LogP contribution is 2.32. The number of ether oxygens (including phenoxy) is 2. The molecule has 132 valence electrons. The average molecular weight is 360 g/mol. The van der Waals surface area contributed by atoms with E-state index in [1.165, 1.54) is 11.3 Å². The number of hydrogen-bond donors (Lipinski definition) is 0. The summed E-state index contributed by atoms with van der Waals surface area (Å²) >= 11 is 1.43. The summed E-state index contributed by atoms with van der Waals surface area (Å²) < 4.78 is 15.2. The van der Waals surface area contributed by atoms with Gasteiger partial charge in [-0.2, -0.15) is 10.1 Å². The van der Waals surface area contributed by atoms with Crippen molar-refractivity contribution in [2.24, 2.45) is 12.0 Å². The lowest BCUT2D eigenvalue weighted by molar-refractivity contribution is -0.118. The molecule has 1 amide bonds. The minimum atomic E-state index is -0.243. The van der Waals surface area contributed by atoms with Gasteiger partial charge in [0.1, 0.15) is 6.54 Å². The van der Waals surface area contributed by atoms with Crippen LogP contribution >= 0.6 is 11.3 Å². The molecule has 1 aromatic carbocycles. The zero-order valence-electron chi connectivity index (χ0n) is 14.9. The molecule has 3 aromatic rings. The monoisotopic (exact) mass is 360 g/mol. The van der Waals surface area contributed by atoms with Crippen LogP contribution in [0.3, 0.4) is 0 Å². The predicted octanol–water partition coefficient (Wildman–Crippen LogP) is 2.20. The first kappa shape index (κ1) is 17.2. The third-order valence-corrected chi connectivity index (χ3v) is 5.02. The molecule has 0 aliphatic heterocycles. The summed E-state index contributed by atoms with van der Waals surface area (Å²) in [6.45, 7) is 3.95. The number of aryl methyl sites for hydroxylation is 3. The van der Waals surface area contributed by atoms with Gasteiger partial charge >= 0.3 is 0 Å². The highest BCUT2D eigenvalue weighted by atomic mass is 32.1. The highest BCUT2D eigenvalue weighted by molar-refractivity contribution is 7.16. The first-order chi connectivity index (χ1) is 11.9. The van der Waals surface area contributed by atoms with E-state index in [1.807, 2.05) is 43.7 Å². The Kier molecular flexibility index (Phi) is 4.63. The molecule has 0 aliphatic carbocycles. The van der Waals surface area contributed by atoms with E-state index in [1.54, 1.807) is 18.9 Å². The van der Waals surface area contributed by atoms with E-state index in [4.69, 9.17) is 9.47 Å². The van der Waals surface area contributed by atoms with Crippen molar-refractivity contribution in [1.82, 2.24) is 14.3 Å². The fourth-order valence-corrected chi connectivity index (χ4v) is 3.71. The van der Waals surface area contributed by atoms with Crippen molar-refractivity contribution in [2.75, 3.05) is 14.2 Å². The van der Waals surface area contributed by atoms with E-state index < -0.39 is 0 Å². The number of amides is 1. The van der Waals surface area contributed by atoms with Crippen LogP contribution in [0, 0.1) is 13.8 Å². The van der Waals surface area contributed by atoms with Crippen LogP contribution < -0.4 is 14.3 Å². The average Bonchev–Trinajstić information content (AvgIpc) is 3.05. The Morgan fingerprint density at radius 2 is 1.88 bits per heavy atom. The lowest BCUT2D eigenvalue weighted by Gasteiger charge is -2.07. The second-order valence-electron chi connectivity index (χ2n) is 5.71. The Morgan fingerprint density at radius 1 is 1.20 bits per heavy atom. The normalized spacial score (nSPS) is 12.0. The molecule has 2 aromatic heterocycles. The minimum Gasteiger partial charge on any atom is -0.493 e. The molecule has 0 unspecified atom stereocenters. The van der Waals surface area contributed by atoms with Crippen LogP contribution in [-0.4, -0.2) is 34.5 Å². The summed E-state index contributed by atoms with van der Waals surface area (Å²) in [5.41, 5.74) is 2.76.